The smallest absolute Gasteiger partial charge is 0.260 e. The molecule has 0 aliphatic carbocycles. The molecule has 0 spiro atoms. The predicted octanol–water partition coefficient (Wildman–Crippen LogP) is 3.23. The highest BCUT2D eigenvalue weighted by molar-refractivity contribution is 6.16. The number of hydrogen-bond donors (Lipinski definition) is 1. The predicted molar refractivity (Wildman–Crippen MR) is 118 cm³/mol. The molecule has 8 heteroatoms. The highest BCUT2D eigenvalue weighted by Crippen LogP contribution is 2.45. The first kappa shape index (κ1) is 19.7. The molecule has 0 radical (unpaired) electrons. The van der Waals surface area contributed by atoms with E-state index in [9.17, 15) is 14.4 Å². The molecule has 160 valence electrons. The van der Waals surface area contributed by atoms with Crippen molar-refractivity contribution in [3.05, 3.63) is 83.6 Å². The Morgan fingerprint density at radius 2 is 1.75 bits per heavy atom. The summed E-state index contributed by atoms with van der Waals surface area (Å²) in [5, 5.41) is 2.78. The third kappa shape index (κ3) is 3.08. The zero-order chi connectivity index (χ0) is 22.2. The zero-order valence-electron chi connectivity index (χ0n) is 17.3. The number of anilines is 2. The fraction of sp³-hybridized carbons (Fsp3) is 0.167. The molecule has 0 bridgehead atoms. The molecule has 3 aromatic rings. The fourth-order valence-electron chi connectivity index (χ4n) is 4.28. The molecule has 3 heterocycles. The lowest BCUT2D eigenvalue weighted by molar-refractivity contribution is -0.116. The number of nitrogens with zero attached hydrogens (tertiary/aromatic N) is 3. The van der Waals surface area contributed by atoms with Crippen molar-refractivity contribution in [2.75, 3.05) is 23.9 Å². The number of rotatable bonds is 5. The fourth-order valence-corrected chi connectivity index (χ4v) is 4.28. The number of benzene rings is 2. The van der Waals surface area contributed by atoms with Gasteiger partial charge in [-0.2, -0.15) is 0 Å². The van der Waals surface area contributed by atoms with Crippen LogP contribution in [0.2, 0.25) is 0 Å². The lowest BCUT2D eigenvalue weighted by Crippen LogP contribution is -2.49. The van der Waals surface area contributed by atoms with Crippen LogP contribution in [-0.4, -0.2) is 41.3 Å². The summed E-state index contributed by atoms with van der Waals surface area (Å²) in [5.74, 6) is -0.337. The van der Waals surface area contributed by atoms with E-state index < -0.39 is 6.17 Å². The average molecular weight is 428 g/mol. The van der Waals surface area contributed by atoms with Gasteiger partial charge < -0.3 is 15.0 Å². The first-order chi connectivity index (χ1) is 15.6. The van der Waals surface area contributed by atoms with Crippen LogP contribution in [0.15, 0.2) is 66.9 Å². The molecule has 0 fully saturated rings. The third-order valence-corrected chi connectivity index (χ3v) is 5.70. The highest BCUT2D eigenvalue weighted by atomic mass is 16.5. The second-order valence-electron chi connectivity index (χ2n) is 7.51. The minimum atomic E-state index is -0.582. The van der Waals surface area contributed by atoms with Crippen LogP contribution in [0.25, 0.3) is 0 Å². The van der Waals surface area contributed by atoms with Crippen LogP contribution in [0.4, 0.5) is 11.4 Å². The Kier molecular flexibility index (Phi) is 4.82. The number of carbonyl (C=O) groups excluding carboxylic acids is 3. The molecule has 0 saturated carbocycles. The Bertz CT molecular complexity index is 1240. The summed E-state index contributed by atoms with van der Waals surface area (Å²) in [5.41, 5.74) is 2.81. The van der Waals surface area contributed by atoms with Gasteiger partial charge in [0.2, 0.25) is 11.8 Å². The van der Waals surface area contributed by atoms with Crippen LogP contribution in [0.3, 0.4) is 0 Å². The van der Waals surface area contributed by atoms with Crippen molar-refractivity contribution in [3.63, 3.8) is 0 Å². The SMILES string of the molecule is COc1ncccc1NC(=O)CCN1C(=O)c2ccccc2N2C(=O)c3ccccc3C12. The first-order valence-electron chi connectivity index (χ1n) is 10.2. The molecule has 1 N–H and O–H groups in total. The van der Waals surface area contributed by atoms with E-state index in [2.05, 4.69) is 10.3 Å². The molecule has 0 saturated heterocycles. The third-order valence-electron chi connectivity index (χ3n) is 5.70. The van der Waals surface area contributed by atoms with Gasteiger partial charge in [-0.1, -0.05) is 30.3 Å². The van der Waals surface area contributed by atoms with E-state index in [1.165, 1.54) is 7.11 Å². The van der Waals surface area contributed by atoms with Gasteiger partial charge in [0.15, 0.2) is 0 Å². The molecule has 32 heavy (non-hydrogen) atoms. The van der Waals surface area contributed by atoms with Gasteiger partial charge >= 0.3 is 0 Å². The second kappa shape index (κ2) is 7.81. The zero-order valence-corrected chi connectivity index (χ0v) is 17.3. The Hall–Kier alpha value is -4.20. The van der Waals surface area contributed by atoms with E-state index in [-0.39, 0.29) is 30.7 Å². The summed E-state index contributed by atoms with van der Waals surface area (Å²) >= 11 is 0. The minimum Gasteiger partial charge on any atom is -0.480 e. The number of nitrogens with one attached hydrogen (secondary N) is 1. The van der Waals surface area contributed by atoms with Gasteiger partial charge in [0, 0.05) is 30.3 Å². The number of pyridine rings is 1. The van der Waals surface area contributed by atoms with Gasteiger partial charge in [-0.25, -0.2) is 4.98 Å². The number of fused-ring (bicyclic) bond motifs is 5. The van der Waals surface area contributed by atoms with Gasteiger partial charge in [0.05, 0.1) is 18.4 Å². The van der Waals surface area contributed by atoms with Gasteiger partial charge in [-0.15, -0.1) is 0 Å². The van der Waals surface area contributed by atoms with Crippen molar-refractivity contribution in [2.24, 2.45) is 0 Å². The van der Waals surface area contributed by atoms with E-state index in [1.54, 1.807) is 52.4 Å². The largest absolute Gasteiger partial charge is 0.480 e. The summed E-state index contributed by atoms with van der Waals surface area (Å²) in [7, 11) is 1.48. The van der Waals surface area contributed by atoms with Gasteiger partial charge in [0.25, 0.3) is 11.8 Å². The minimum absolute atomic E-state index is 0.0483. The van der Waals surface area contributed by atoms with E-state index in [0.717, 1.165) is 5.56 Å². The monoisotopic (exact) mass is 428 g/mol. The Morgan fingerprint density at radius 1 is 1.00 bits per heavy atom. The first-order valence-corrected chi connectivity index (χ1v) is 10.2. The Morgan fingerprint density at radius 3 is 2.56 bits per heavy atom. The second-order valence-corrected chi connectivity index (χ2v) is 7.51. The van der Waals surface area contributed by atoms with Crippen LogP contribution >= 0.6 is 0 Å². The van der Waals surface area contributed by atoms with E-state index in [0.29, 0.717) is 28.4 Å². The summed E-state index contributed by atoms with van der Waals surface area (Å²) < 4.78 is 5.17. The molecular formula is C24H20N4O4. The van der Waals surface area contributed by atoms with E-state index in [1.807, 2.05) is 24.3 Å². The average Bonchev–Trinajstić information content (AvgIpc) is 3.12. The Balaban J connectivity index is 1.44. The maximum atomic E-state index is 13.4. The molecule has 2 aliphatic rings. The van der Waals surface area contributed by atoms with Crippen LogP contribution in [0, 0.1) is 0 Å². The number of methoxy groups -OCH3 is 1. The molecule has 1 aromatic heterocycles. The lowest BCUT2D eigenvalue weighted by Gasteiger charge is -2.40. The van der Waals surface area contributed by atoms with Gasteiger partial charge in [-0.05, 0) is 30.3 Å². The molecule has 2 aromatic carbocycles. The summed E-state index contributed by atoms with van der Waals surface area (Å²) in [6.07, 6.45) is 1.04. The number of para-hydroxylation sites is 1. The molecule has 1 atom stereocenters. The maximum absolute atomic E-state index is 13.4. The molecule has 2 aliphatic heterocycles. The molecular weight excluding hydrogens is 408 g/mol. The van der Waals surface area contributed by atoms with Crippen molar-refractivity contribution in [2.45, 2.75) is 12.6 Å². The van der Waals surface area contributed by atoms with Crippen molar-refractivity contribution in [3.8, 4) is 5.88 Å². The number of amides is 3. The standard InChI is InChI=1S/C24H20N4O4/c1-32-21-18(10-6-13-25-21)26-20(29)12-14-27-22-15-7-2-3-8-16(15)24(31)28(22)19-11-5-4-9-17(19)23(27)30/h2-11,13,22H,12,14H2,1H3,(H,26,29). The van der Waals surface area contributed by atoms with E-state index in [4.69, 9.17) is 4.74 Å². The molecule has 8 nitrogen and oxygen atoms in total. The summed E-state index contributed by atoms with van der Waals surface area (Å²) in [6.45, 7) is 0.143. The maximum Gasteiger partial charge on any atom is 0.260 e. The molecule has 5 rings (SSSR count). The quantitative estimate of drug-likeness (QED) is 0.674. The van der Waals surface area contributed by atoms with Gasteiger partial charge in [-0.3, -0.25) is 19.3 Å². The normalized spacial score (nSPS) is 16.3. The van der Waals surface area contributed by atoms with Gasteiger partial charge in [0.1, 0.15) is 11.9 Å². The highest BCUT2D eigenvalue weighted by Gasteiger charge is 2.47. The lowest BCUT2D eigenvalue weighted by atomic mass is 10.0. The van der Waals surface area contributed by atoms with Crippen molar-refractivity contribution in [1.29, 1.82) is 0 Å². The van der Waals surface area contributed by atoms with Crippen LogP contribution in [0.1, 0.15) is 38.9 Å². The van der Waals surface area contributed by atoms with Crippen LogP contribution in [-0.2, 0) is 4.79 Å². The van der Waals surface area contributed by atoms with Crippen LogP contribution in [0.5, 0.6) is 5.88 Å². The van der Waals surface area contributed by atoms with Crippen molar-refractivity contribution >= 4 is 29.1 Å². The molecule has 1 unspecified atom stereocenters. The summed E-state index contributed by atoms with van der Waals surface area (Å²) in [4.78, 5) is 46.5. The Labute approximate surface area is 184 Å². The number of ether oxygens (including phenoxy) is 1. The van der Waals surface area contributed by atoms with E-state index >= 15 is 0 Å². The topological polar surface area (TPSA) is 91.8 Å². The number of carbonyl (C=O) groups is 3. The van der Waals surface area contributed by atoms with Crippen molar-refractivity contribution in [1.82, 2.24) is 9.88 Å². The number of hydrogen-bond acceptors (Lipinski definition) is 5. The molecule has 3 amide bonds. The van der Waals surface area contributed by atoms with Crippen molar-refractivity contribution < 1.29 is 19.1 Å². The summed E-state index contributed by atoms with van der Waals surface area (Å²) in [6, 6.07) is 17.7. The number of aromatic nitrogens is 1. The van der Waals surface area contributed by atoms with Crippen LogP contribution < -0.4 is 15.0 Å².